The predicted octanol–water partition coefficient (Wildman–Crippen LogP) is 2.19. The smallest absolute Gasteiger partial charge is 0.242 e. The molecule has 0 radical (unpaired) electrons. The second-order valence-corrected chi connectivity index (χ2v) is 6.63. The van der Waals surface area contributed by atoms with Crippen molar-refractivity contribution < 1.29 is 4.79 Å². The summed E-state index contributed by atoms with van der Waals surface area (Å²) >= 11 is 0. The maximum absolute atomic E-state index is 12.5. The summed E-state index contributed by atoms with van der Waals surface area (Å²) < 4.78 is 0. The maximum atomic E-state index is 12.5. The highest BCUT2D eigenvalue weighted by Gasteiger charge is 2.41. The Hall–Kier alpha value is -0.0300. The van der Waals surface area contributed by atoms with Gasteiger partial charge >= 0.3 is 0 Å². The molecule has 2 heterocycles. The second-order valence-electron chi connectivity index (χ2n) is 6.63. The SMILES string of the molecule is Cl.Cl.NC1(C(=O)N2CCC(N3CCCC3)CC2)CCCC1. The average molecular weight is 338 g/mol. The molecule has 1 aliphatic carbocycles. The highest BCUT2D eigenvalue weighted by atomic mass is 35.5. The van der Waals surface area contributed by atoms with Gasteiger partial charge in [0.25, 0.3) is 0 Å². The molecule has 2 saturated heterocycles. The molecule has 3 fully saturated rings. The number of hydrogen-bond donors (Lipinski definition) is 1. The van der Waals surface area contributed by atoms with Crippen LogP contribution in [0.15, 0.2) is 0 Å². The van der Waals surface area contributed by atoms with Gasteiger partial charge in [-0.1, -0.05) is 12.8 Å². The van der Waals surface area contributed by atoms with Gasteiger partial charge < -0.3 is 15.5 Å². The predicted molar refractivity (Wildman–Crippen MR) is 90.3 cm³/mol. The number of nitrogens with two attached hydrogens (primary N) is 1. The normalized spacial score (nSPS) is 26.2. The van der Waals surface area contributed by atoms with Crippen LogP contribution >= 0.6 is 24.8 Å². The van der Waals surface area contributed by atoms with Gasteiger partial charge in [-0.05, 0) is 51.6 Å². The van der Waals surface area contributed by atoms with Crippen LogP contribution in [0.1, 0.15) is 51.4 Å². The van der Waals surface area contributed by atoms with Gasteiger partial charge in [0.2, 0.25) is 5.91 Å². The van der Waals surface area contributed by atoms with Crippen molar-refractivity contribution in [3.63, 3.8) is 0 Å². The fourth-order valence-corrected chi connectivity index (χ4v) is 4.08. The van der Waals surface area contributed by atoms with E-state index in [1.165, 1.54) is 25.9 Å². The van der Waals surface area contributed by atoms with Gasteiger partial charge in [0.15, 0.2) is 0 Å². The number of hydrogen-bond acceptors (Lipinski definition) is 3. The molecule has 0 aromatic rings. The van der Waals surface area contributed by atoms with Gasteiger partial charge in [-0.25, -0.2) is 0 Å². The molecule has 0 bridgehead atoms. The van der Waals surface area contributed by atoms with Gasteiger partial charge in [0, 0.05) is 19.1 Å². The molecule has 0 unspecified atom stereocenters. The molecule has 1 saturated carbocycles. The van der Waals surface area contributed by atoms with Crippen molar-refractivity contribution in [2.75, 3.05) is 26.2 Å². The Morgan fingerprint density at radius 1 is 0.905 bits per heavy atom. The van der Waals surface area contributed by atoms with Crippen LogP contribution in [-0.4, -0.2) is 53.5 Å². The summed E-state index contributed by atoms with van der Waals surface area (Å²) in [5.74, 6) is 0.227. The molecular formula is C15H29Cl2N3O. The number of amides is 1. The van der Waals surface area contributed by atoms with Crippen LogP contribution in [0.25, 0.3) is 0 Å². The van der Waals surface area contributed by atoms with Gasteiger partial charge in [-0.3, -0.25) is 4.79 Å². The Kier molecular flexibility index (Phi) is 7.25. The van der Waals surface area contributed by atoms with E-state index in [0.29, 0.717) is 6.04 Å². The van der Waals surface area contributed by atoms with E-state index in [-0.39, 0.29) is 30.7 Å². The zero-order chi connectivity index (χ0) is 13.3. The topological polar surface area (TPSA) is 49.6 Å². The number of halogens is 2. The van der Waals surface area contributed by atoms with E-state index in [1.54, 1.807) is 0 Å². The van der Waals surface area contributed by atoms with Gasteiger partial charge in [0.1, 0.15) is 0 Å². The van der Waals surface area contributed by atoms with E-state index in [1.807, 2.05) is 4.90 Å². The monoisotopic (exact) mass is 337 g/mol. The van der Waals surface area contributed by atoms with E-state index in [9.17, 15) is 4.79 Å². The third kappa shape index (κ3) is 4.04. The van der Waals surface area contributed by atoms with E-state index >= 15 is 0 Å². The quantitative estimate of drug-likeness (QED) is 0.840. The summed E-state index contributed by atoms with van der Waals surface area (Å²) in [4.78, 5) is 17.2. The van der Waals surface area contributed by atoms with Crippen LogP contribution in [0.5, 0.6) is 0 Å². The Bertz CT molecular complexity index is 334. The molecule has 4 nitrogen and oxygen atoms in total. The third-order valence-corrected chi connectivity index (χ3v) is 5.33. The molecule has 2 N–H and O–H groups in total. The molecule has 3 rings (SSSR count). The zero-order valence-corrected chi connectivity index (χ0v) is 14.4. The van der Waals surface area contributed by atoms with Crippen molar-refractivity contribution in [2.24, 2.45) is 5.73 Å². The molecular weight excluding hydrogens is 309 g/mol. The van der Waals surface area contributed by atoms with Crippen molar-refractivity contribution >= 4 is 30.7 Å². The van der Waals surface area contributed by atoms with Gasteiger partial charge in [0.05, 0.1) is 5.54 Å². The van der Waals surface area contributed by atoms with Crippen molar-refractivity contribution in [1.82, 2.24) is 9.80 Å². The summed E-state index contributed by atoms with van der Waals surface area (Å²) in [6.45, 7) is 4.36. The van der Waals surface area contributed by atoms with E-state index in [0.717, 1.165) is 51.6 Å². The van der Waals surface area contributed by atoms with Crippen molar-refractivity contribution in [3.05, 3.63) is 0 Å². The zero-order valence-electron chi connectivity index (χ0n) is 12.8. The number of carbonyl (C=O) groups is 1. The molecule has 0 atom stereocenters. The third-order valence-electron chi connectivity index (χ3n) is 5.33. The van der Waals surface area contributed by atoms with E-state index < -0.39 is 5.54 Å². The van der Waals surface area contributed by atoms with E-state index in [4.69, 9.17) is 5.73 Å². The van der Waals surface area contributed by atoms with Crippen LogP contribution in [0, 0.1) is 0 Å². The van der Waals surface area contributed by atoms with Crippen LogP contribution < -0.4 is 5.73 Å². The number of rotatable bonds is 2. The first-order valence-electron chi connectivity index (χ1n) is 8.01. The van der Waals surface area contributed by atoms with Crippen LogP contribution in [0.3, 0.4) is 0 Å². The molecule has 1 amide bonds. The summed E-state index contributed by atoms with van der Waals surface area (Å²) in [6, 6.07) is 0.712. The Labute approximate surface area is 140 Å². The molecule has 0 spiro atoms. The summed E-state index contributed by atoms with van der Waals surface area (Å²) in [7, 11) is 0. The first-order valence-corrected chi connectivity index (χ1v) is 8.01. The summed E-state index contributed by atoms with van der Waals surface area (Å²) in [5.41, 5.74) is 5.76. The maximum Gasteiger partial charge on any atom is 0.242 e. The first-order chi connectivity index (χ1) is 9.19. The molecule has 6 heteroatoms. The molecule has 0 aromatic heterocycles. The number of likely N-dealkylation sites (tertiary alicyclic amines) is 2. The Morgan fingerprint density at radius 3 is 1.95 bits per heavy atom. The molecule has 0 aromatic carbocycles. The summed E-state index contributed by atoms with van der Waals surface area (Å²) in [5, 5.41) is 0. The van der Waals surface area contributed by atoms with Crippen molar-refractivity contribution in [3.8, 4) is 0 Å². The highest BCUT2D eigenvalue weighted by molar-refractivity contribution is 5.86. The van der Waals surface area contributed by atoms with Gasteiger partial charge in [-0.15, -0.1) is 24.8 Å². The largest absolute Gasteiger partial charge is 0.341 e. The minimum atomic E-state index is -0.527. The fraction of sp³-hybridized carbons (Fsp3) is 0.933. The molecule has 124 valence electrons. The van der Waals surface area contributed by atoms with Crippen LogP contribution in [0.2, 0.25) is 0 Å². The molecule has 21 heavy (non-hydrogen) atoms. The Balaban J connectivity index is 0.00000110. The number of carbonyl (C=O) groups excluding carboxylic acids is 1. The lowest BCUT2D eigenvalue weighted by Gasteiger charge is -2.39. The Morgan fingerprint density at radius 2 is 1.43 bits per heavy atom. The highest BCUT2D eigenvalue weighted by Crippen LogP contribution is 2.30. The standard InChI is InChI=1S/C15H27N3O.2ClH/c16-15(7-1-2-8-15)14(19)18-11-5-13(6-12-18)17-9-3-4-10-17;;/h13H,1-12,16H2;2*1H. The van der Waals surface area contributed by atoms with Crippen LogP contribution in [-0.2, 0) is 4.79 Å². The lowest BCUT2D eigenvalue weighted by molar-refractivity contribution is -0.138. The minimum absolute atomic E-state index is 0. The lowest BCUT2D eigenvalue weighted by Crippen LogP contribution is -2.56. The lowest BCUT2D eigenvalue weighted by atomic mass is 9.94. The van der Waals surface area contributed by atoms with E-state index in [2.05, 4.69) is 4.90 Å². The minimum Gasteiger partial charge on any atom is -0.341 e. The van der Waals surface area contributed by atoms with Crippen molar-refractivity contribution in [1.29, 1.82) is 0 Å². The molecule has 2 aliphatic heterocycles. The van der Waals surface area contributed by atoms with Gasteiger partial charge in [-0.2, -0.15) is 0 Å². The van der Waals surface area contributed by atoms with Crippen molar-refractivity contribution in [2.45, 2.75) is 62.9 Å². The number of nitrogens with zero attached hydrogens (tertiary/aromatic N) is 2. The fourth-order valence-electron chi connectivity index (χ4n) is 4.08. The number of piperidine rings is 1. The average Bonchev–Trinajstić information content (AvgIpc) is 3.10. The first kappa shape index (κ1) is 19.0. The second kappa shape index (κ2) is 8.00. The van der Waals surface area contributed by atoms with Crippen LogP contribution in [0.4, 0.5) is 0 Å². The molecule has 3 aliphatic rings. The summed E-state index contributed by atoms with van der Waals surface area (Å²) in [6.07, 6.45) is 8.99.